The van der Waals surface area contributed by atoms with Crippen molar-refractivity contribution in [1.82, 2.24) is 25.1 Å². The third-order valence-corrected chi connectivity index (χ3v) is 4.75. The lowest BCUT2D eigenvalue weighted by Gasteiger charge is -2.04. The number of aryl methyl sites for hydroxylation is 2. The highest BCUT2D eigenvalue weighted by Gasteiger charge is 2.12. The van der Waals surface area contributed by atoms with E-state index in [1.165, 1.54) is 0 Å². The molecule has 3 aromatic rings. The summed E-state index contributed by atoms with van der Waals surface area (Å²) in [6.45, 7) is 5.09. The van der Waals surface area contributed by atoms with Crippen LogP contribution in [-0.2, 0) is 13.0 Å². The minimum atomic E-state index is -0.0806. The molecule has 24 heavy (non-hydrogen) atoms. The van der Waals surface area contributed by atoms with Crippen LogP contribution in [0.25, 0.3) is 10.2 Å². The predicted molar refractivity (Wildman–Crippen MR) is 93.6 cm³/mol. The first-order valence-electron chi connectivity index (χ1n) is 7.64. The number of hydrogen-bond acceptors (Lipinski definition) is 8. The Hall–Kier alpha value is -2.26. The van der Waals surface area contributed by atoms with Gasteiger partial charge in [-0.15, -0.1) is 16.4 Å². The summed E-state index contributed by atoms with van der Waals surface area (Å²) < 4.78 is 5.48. The van der Waals surface area contributed by atoms with Crippen molar-refractivity contribution in [3.63, 3.8) is 0 Å². The van der Waals surface area contributed by atoms with Crippen LogP contribution in [0.3, 0.4) is 0 Å². The Morgan fingerprint density at radius 1 is 1.29 bits per heavy atom. The van der Waals surface area contributed by atoms with Gasteiger partial charge in [0, 0.05) is 17.8 Å². The number of hydrogen-bond donors (Lipinski definition) is 2. The molecule has 0 amide bonds. The fraction of sp³-hybridized carbons (Fsp3) is 0.467. The number of anilines is 1. The molecular formula is C15H20N6O2S. The average Bonchev–Trinajstić information content (AvgIpc) is 3.04. The first-order valence-corrected chi connectivity index (χ1v) is 8.45. The Morgan fingerprint density at radius 3 is 2.83 bits per heavy atom. The van der Waals surface area contributed by atoms with Crippen LogP contribution in [0.5, 0.6) is 0 Å². The molecule has 0 atom stereocenters. The molecule has 0 aliphatic heterocycles. The summed E-state index contributed by atoms with van der Waals surface area (Å²) in [6, 6.07) is 0.373. The molecule has 0 fully saturated rings. The second kappa shape index (κ2) is 6.70. The zero-order chi connectivity index (χ0) is 17.3. The van der Waals surface area contributed by atoms with Gasteiger partial charge in [0.15, 0.2) is 0 Å². The van der Waals surface area contributed by atoms with Gasteiger partial charge < -0.3 is 19.6 Å². The smallest absolute Gasteiger partial charge is 0.315 e. The van der Waals surface area contributed by atoms with Crippen LogP contribution in [0, 0.1) is 13.8 Å². The molecule has 0 aliphatic rings. The topological polar surface area (TPSA) is 99.9 Å². The van der Waals surface area contributed by atoms with Gasteiger partial charge in [-0.2, -0.15) is 0 Å². The number of thiophene rings is 1. The molecule has 8 nitrogen and oxygen atoms in total. The lowest BCUT2D eigenvalue weighted by Crippen LogP contribution is -2.14. The molecule has 0 radical (unpaired) electrons. The van der Waals surface area contributed by atoms with E-state index in [4.69, 9.17) is 4.42 Å². The maximum atomic E-state index is 12.2. The van der Waals surface area contributed by atoms with E-state index in [1.807, 2.05) is 32.8 Å². The second-order valence-corrected chi connectivity index (χ2v) is 7.09. The molecule has 2 N–H and O–H groups in total. The fourth-order valence-corrected chi connectivity index (χ4v) is 3.41. The largest absolute Gasteiger partial charge is 0.407 e. The zero-order valence-corrected chi connectivity index (χ0v) is 15.0. The third kappa shape index (κ3) is 3.46. The van der Waals surface area contributed by atoms with Gasteiger partial charge in [-0.3, -0.25) is 4.79 Å². The van der Waals surface area contributed by atoms with Gasteiger partial charge in [0.25, 0.3) is 5.56 Å². The number of H-pyrrole nitrogens is 1. The summed E-state index contributed by atoms with van der Waals surface area (Å²) in [5, 5.41) is 11.6. The fourth-order valence-electron chi connectivity index (χ4n) is 2.36. The molecular weight excluding hydrogens is 328 g/mol. The first kappa shape index (κ1) is 16.6. The van der Waals surface area contributed by atoms with Crippen molar-refractivity contribution in [2.75, 3.05) is 26.0 Å². The maximum absolute atomic E-state index is 12.2. The summed E-state index contributed by atoms with van der Waals surface area (Å²) in [6.07, 6.45) is 0.562. The first-order chi connectivity index (χ1) is 11.4. The third-order valence-electron chi connectivity index (χ3n) is 3.64. The minimum absolute atomic E-state index is 0.0806. The predicted octanol–water partition coefficient (Wildman–Crippen LogP) is 1.70. The Kier molecular flexibility index (Phi) is 4.63. The highest BCUT2D eigenvalue weighted by Crippen LogP contribution is 2.25. The van der Waals surface area contributed by atoms with E-state index in [-0.39, 0.29) is 5.56 Å². The van der Waals surface area contributed by atoms with Gasteiger partial charge in [0.2, 0.25) is 5.89 Å². The molecule has 0 bridgehead atoms. The molecule has 128 valence electrons. The van der Waals surface area contributed by atoms with Gasteiger partial charge in [-0.1, -0.05) is 5.10 Å². The van der Waals surface area contributed by atoms with E-state index < -0.39 is 0 Å². The Balaban J connectivity index is 1.65. The van der Waals surface area contributed by atoms with Crippen molar-refractivity contribution in [1.29, 1.82) is 0 Å². The highest BCUT2D eigenvalue weighted by molar-refractivity contribution is 7.18. The van der Waals surface area contributed by atoms with Crippen LogP contribution in [0.15, 0.2) is 9.21 Å². The molecule has 0 saturated carbocycles. The van der Waals surface area contributed by atoms with Crippen LogP contribution < -0.4 is 10.9 Å². The second-order valence-electron chi connectivity index (χ2n) is 5.89. The van der Waals surface area contributed by atoms with Crippen LogP contribution >= 0.6 is 11.3 Å². The van der Waals surface area contributed by atoms with Crippen LogP contribution in [0.4, 0.5) is 6.01 Å². The van der Waals surface area contributed by atoms with E-state index >= 15 is 0 Å². The van der Waals surface area contributed by atoms with E-state index in [2.05, 4.69) is 25.5 Å². The van der Waals surface area contributed by atoms with Crippen molar-refractivity contribution in [3.05, 3.63) is 32.5 Å². The zero-order valence-electron chi connectivity index (χ0n) is 14.1. The normalized spacial score (nSPS) is 11.5. The number of nitrogens with zero attached hydrogens (tertiary/aromatic N) is 4. The Bertz CT molecular complexity index is 910. The van der Waals surface area contributed by atoms with Gasteiger partial charge in [0.1, 0.15) is 10.7 Å². The van der Waals surface area contributed by atoms with Crippen LogP contribution in [-0.4, -0.2) is 45.7 Å². The van der Waals surface area contributed by atoms with E-state index in [1.54, 1.807) is 11.3 Å². The van der Waals surface area contributed by atoms with E-state index in [0.717, 1.165) is 15.3 Å². The molecule has 3 aromatic heterocycles. The molecule has 0 aliphatic carbocycles. The SMILES string of the molecule is Cc1sc2nc(CCNc3nnc(CN(C)C)o3)[nH]c(=O)c2c1C. The summed E-state index contributed by atoms with van der Waals surface area (Å²) in [5.41, 5.74) is 0.926. The van der Waals surface area contributed by atoms with Crippen molar-refractivity contribution in [2.45, 2.75) is 26.8 Å². The number of aromatic amines is 1. The molecule has 3 heterocycles. The molecule has 0 unspecified atom stereocenters. The number of fused-ring (bicyclic) bond motifs is 1. The van der Waals surface area contributed by atoms with Gasteiger partial charge in [-0.25, -0.2) is 4.98 Å². The number of rotatable bonds is 6. The Morgan fingerprint density at radius 2 is 2.08 bits per heavy atom. The lowest BCUT2D eigenvalue weighted by molar-refractivity contribution is 0.344. The van der Waals surface area contributed by atoms with E-state index in [9.17, 15) is 4.79 Å². The Labute approximate surface area is 142 Å². The number of nitrogens with one attached hydrogen (secondary N) is 2. The lowest BCUT2D eigenvalue weighted by atomic mass is 10.2. The summed E-state index contributed by atoms with van der Waals surface area (Å²) in [5.74, 6) is 1.20. The van der Waals surface area contributed by atoms with Crippen molar-refractivity contribution in [3.8, 4) is 0 Å². The maximum Gasteiger partial charge on any atom is 0.315 e. The minimum Gasteiger partial charge on any atom is -0.407 e. The summed E-state index contributed by atoms with van der Waals surface area (Å²) >= 11 is 1.55. The highest BCUT2D eigenvalue weighted by atomic mass is 32.1. The van der Waals surface area contributed by atoms with Gasteiger partial charge in [-0.05, 0) is 33.5 Å². The monoisotopic (exact) mass is 348 g/mol. The molecule has 0 aromatic carbocycles. The van der Waals surface area contributed by atoms with Crippen LogP contribution in [0.1, 0.15) is 22.2 Å². The number of aromatic nitrogens is 4. The van der Waals surface area contributed by atoms with Crippen molar-refractivity contribution < 1.29 is 4.42 Å². The standard InChI is InChI=1S/C15H20N6O2S/c1-8-9(2)24-14-12(8)13(22)17-10(18-14)5-6-16-15-20-19-11(23-15)7-21(3)4/h5-7H2,1-4H3,(H,16,20)(H,17,18,22). The summed E-state index contributed by atoms with van der Waals surface area (Å²) in [4.78, 5) is 23.5. The quantitative estimate of drug-likeness (QED) is 0.699. The van der Waals surface area contributed by atoms with Gasteiger partial charge in [0.05, 0.1) is 11.9 Å². The molecule has 0 saturated heterocycles. The molecule has 9 heteroatoms. The molecule has 3 rings (SSSR count). The van der Waals surface area contributed by atoms with Crippen LogP contribution in [0.2, 0.25) is 0 Å². The van der Waals surface area contributed by atoms with Crippen molar-refractivity contribution in [2.24, 2.45) is 0 Å². The average molecular weight is 348 g/mol. The van der Waals surface area contributed by atoms with Gasteiger partial charge >= 0.3 is 6.01 Å². The molecule has 0 spiro atoms. The van der Waals surface area contributed by atoms with E-state index in [0.29, 0.717) is 42.6 Å². The summed E-state index contributed by atoms with van der Waals surface area (Å²) in [7, 11) is 3.87. The van der Waals surface area contributed by atoms with Crippen molar-refractivity contribution >= 4 is 27.6 Å².